The van der Waals surface area contributed by atoms with Gasteiger partial charge in [-0.05, 0) is 178 Å². The largest absolute Gasteiger partial charge is 0.363 e. The Morgan fingerprint density at radius 3 is 0.988 bits per heavy atom. The molecule has 5 aromatic rings. The van der Waals surface area contributed by atoms with Crippen LogP contribution in [0.25, 0.3) is 24.2 Å². The molecular formula is C70H85N15. The van der Waals surface area contributed by atoms with E-state index in [1.54, 1.807) is 0 Å². The molecule has 0 radical (unpaired) electrons. The Morgan fingerprint density at radius 2 is 0.588 bits per heavy atom. The number of aryl methyl sites for hydroxylation is 10. The van der Waals surface area contributed by atoms with Crippen LogP contribution in [0, 0.1) is 102 Å². The molecule has 0 unspecified atom stereocenters. The lowest BCUT2D eigenvalue weighted by Crippen LogP contribution is -2.35. The molecule has 15 heteroatoms. The van der Waals surface area contributed by atoms with Crippen LogP contribution in [0.4, 0.5) is 28.4 Å². The minimum atomic E-state index is 0.190. The third-order valence-electron chi connectivity index (χ3n) is 16.9. The van der Waals surface area contributed by atoms with Crippen molar-refractivity contribution in [1.82, 2.24) is 24.5 Å². The predicted octanol–water partition coefficient (Wildman–Crippen LogP) is 15.6. The van der Waals surface area contributed by atoms with Crippen LogP contribution < -0.4 is 24.5 Å². The summed E-state index contributed by atoms with van der Waals surface area (Å²) in [5.74, 6) is 3.46. The van der Waals surface area contributed by atoms with Crippen LogP contribution in [0.2, 0.25) is 0 Å². The molecule has 10 rings (SSSR count). The summed E-state index contributed by atoms with van der Waals surface area (Å²) in [7, 11) is 9.79. The van der Waals surface area contributed by atoms with Gasteiger partial charge in [0.1, 0.15) is 0 Å². The first-order chi connectivity index (χ1) is 40.2. The van der Waals surface area contributed by atoms with Gasteiger partial charge in [0.2, 0.25) is 29.1 Å². The molecule has 0 aliphatic carbocycles. The van der Waals surface area contributed by atoms with Gasteiger partial charge in [0.25, 0.3) is 0 Å². The molecule has 0 aromatic heterocycles. The first kappa shape index (κ1) is 64.4. The SMILES string of the molecule is [C-]#[N+]C1=CN(c2c(C)cccc2C)[C@@H](C)N1C.[C-]#[N+]C1=CN(c2cc(C)c(C)cc2C)[C@@H](C)N1C.[C-]#[N+]C1=CN(c2cc(C)ccc2C)[C@@H](C)N1C.[C-]#[N+]C1=CN(c2ccc(C)cc2C)[C@@H](C)N1C.[C-]#[N+]C1=CN(c2ccccc2C)[C@@H](C)N1C. The molecule has 0 fully saturated rings. The van der Waals surface area contributed by atoms with Crippen LogP contribution >= 0.6 is 0 Å². The van der Waals surface area contributed by atoms with Crippen molar-refractivity contribution in [3.05, 3.63) is 264 Å². The molecule has 15 nitrogen and oxygen atoms in total. The van der Waals surface area contributed by atoms with Gasteiger partial charge in [0.05, 0.1) is 35.2 Å². The minimum absolute atomic E-state index is 0.190. The Kier molecular flexibility index (Phi) is 20.9. The smallest absolute Gasteiger partial charge is 0.243 e. The lowest BCUT2D eigenvalue weighted by atomic mass is 10.0. The van der Waals surface area contributed by atoms with E-state index in [0.717, 1.165) is 0 Å². The summed E-state index contributed by atoms with van der Waals surface area (Å²) < 4.78 is 0. The number of hydrogen-bond donors (Lipinski definition) is 0. The highest BCUT2D eigenvalue weighted by Crippen LogP contribution is 2.36. The van der Waals surface area contributed by atoms with E-state index in [4.69, 9.17) is 32.9 Å². The van der Waals surface area contributed by atoms with E-state index in [1.165, 1.54) is 84.1 Å². The third kappa shape index (κ3) is 13.9. The zero-order chi connectivity index (χ0) is 62.9. The third-order valence-corrected chi connectivity index (χ3v) is 16.9. The molecule has 0 bridgehead atoms. The summed E-state index contributed by atoms with van der Waals surface area (Å²) in [6.07, 6.45) is 10.6. The van der Waals surface area contributed by atoms with Gasteiger partial charge in [-0.1, -0.05) is 105 Å². The summed E-state index contributed by atoms with van der Waals surface area (Å²) in [5.41, 5.74) is 18.5. The Morgan fingerprint density at radius 1 is 0.282 bits per heavy atom. The molecule has 5 atom stereocenters. The zero-order valence-electron chi connectivity index (χ0n) is 53.6. The fourth-order valence-electron chi connectivity index (χ4n) is 10.8. The fraction of sp³-hybridized carbons (Fsp3) is 0.357. The maximum Gasteiger partial charge on any atom is 0.243 e. The first-order valence-electron chi connectivity index (χ1n) is 28.6. The van der Waals surface area contributed by atoms with Crippen LogP contribution in [0.5, 0.6) is 0 Å². The Labute approximate surface area is 508 Å². The van der Waals surface area contributed by atoms with Crippen molar-refractivity contribution in [3.8, 4) is 0 Å². The maximum atomic E-state index is 7.19. The molecule has 5 aromatic carbocycles. The zero-order valence-corrected chi connectivity index (χ0v) is 53.6. The van der Waals surface area contributed by atoms with Gasteiger partial charge in [-0.2, -0.15) is 0 Å². The highest BCUT2D eigenvalue weighted by atomic mass is 15.4. The number of hydrogen-bond acceptors (Lipinski definition) is 10. The number of anilines is 5. The second-order valence-electron chi connectivity index (χ2n) is 22.6. The summed E-state index contributed by atoms with van der Waals surface area (Å²) in [5, 5.41) is 0. The summed E-state index contributed by atoms with van der Waals surface area (Å²) in [4.78, 5) is 38.5. The van der Waals surface area contributed by atoms with Gasteiger partial charge >= 0.3 is 0 Å². The van der Waals surface area contributed by atoms with Crippen LogP contribution in [0.15, 0.2) is 151 Å². The fourth-order valence-corrected chi connectivity index (χ4v) is 10.8. The standard InChI is InChI=1S/C15H19N3.3C14H17N3.C13H15N3/c1-10-7-12(3)14(8-11(10)2)18-9-15(16-5)17(6)13(18)4;1-10-6-7-13(11(2)8-10)17-9-14(15-4)16(5)12(17)3;1-10-6-7-11(2)13(8-10)17-9-14(15-4)16(5)12(17)3;1-10-7-6-8-11(2)14(10)17-9-13(15-4)16(5)12(17)3;1-10-7-5-6-8-12(10)16-9-13(14-3)15(4)11(16)2/h7-9,13H,1-4,6H3;3*6-9,12H,1-3,5H3;5-9,11H,1-2,4H3/t13-;3*12-;11-/m00000/s1. The Balaban J connectivity index is 0.000000170. The second-order valence-corrected chi connectivity index (χ2v) is 22.6. The highest BCUT2D eigenvalue weighted by molar-refractivity contribution is 5.65. The highest BCUT2D eigenvalue weighted by Gasteiger charge is 2.34. The lowest BCUT2D eigenvalue weighted by molar-refractivity contribution is 0.364. The van der Waals surface area contributed by atoms with E-state index in [-0.39, 0.29) is 30.8 Å². The van der Waals surface area contributed by atoms with Crippen molar-refractivity contribution in [1.29, 1.82) is 0 Å². The van der Waals surface area contributed by atoms with Crippen LogP contribution in [0.1, 0.15) is 90.3 Å². The summed E-state index contributed by atoms with van der Waals surface area (Å²) >= 11 is 0. The summed E-state index contributed by atoms with van der Waals surface area (Å²) in [6.45, 7) is 67.4. The van der Waals surface area contributed by atoms with Crippen molar-refractivity contribution in [2.75, 3.05) is 59.7 Å². The van der Waals surface area contributed by atoms with E-state index in [0.29, 0.717) is 29.1 Å². The average Bonchev–Trinajstić information content (AvgIpc) is 3.72. The number of para-hydroxylation sites is 2. The Hall–Kier alpha value is -9.75. The van der Waals surface area contributed by atoms with Crippen molar-refractivity contribution in [3.63, 3.8) is 0 Å². The number of benzene rings is 5. The van der Waals surface area contributed by atoms with Gasteiger partial charge in [0, 0.05) is 59.4 Å². The van der Waals surface area contributed by atoms with Gasteiger partial charge in [-0.3, -0.25) is 0 Å². The molecule has 5 aliphatic rings. The second kappa shape index (κ2) is 27.6. The van der Waals surface area contributed by atoms with Crippen molar-refractivity contribution in [2.45, 2.75) is 135 Å². The molecule has 85 heavy (non-hydrogen) atoms. The van der Waals surface area contributed by atoms with Crippen LogP contribution in [-0.4, -0.2) is 90.6 Å². The average molecular weight is 1140 g/mol. The van der Waals surface area contributed by atoms with E-state index in [1.807, 2.05) is 103 Å². The van der Waals surface area contributed by atoms with Crippen molar-refractivity contribution in [2.24, 2.45) is 0 Å². The van der Waals surface area contributed by atoms with Crippen molar-refractivity contribution < 1.29 is 0 Å². The normalized spacial score (nSPS) is 19.2. The van der Waals surface area contributed by atoms with Crippen LogP contribution in [-0.2, 0) is 0 Å². The van der Waals surface area contributed by atoms with E-state index < -0.39 is 0 Å². The van der Waals surface area contributed by atoms with E-state index in [2.05, 4.69) is 231 Å². The van der Waals surface area contributed by atoms with Crippen molar-refractivity contribution >= 4 is 28.4 Å². The molecule has 440 valence electrons. The lowest BCUT2D eigenvalue weighted by Gasteiger charge is -2.27. The molecule has 0 saturated carbocycles. The monoisotopic (exact) mass is 1140 g/mol. The van der Waals surface area contributed by atoms with Crippen LogP contribution in [0.3, 0.4) is 0 Å². The minimum Gasteiger partial charge on any atom is -0.363 e. The number of nitrogens with zero attached hydrogens (tertiary/aromatic N) is 15. The van der Waals surface area contributed by atoms with Gasteiger partial charge < -0.3 is 73.2 Å². The molecule has 5 aliphatic heterocycles. The van der Waals surface area contributed by atoms with Gasteiger partial charge in [0.15, 0.2) is 30.8 Å². The predicted molar refractivity (Wildman–Crippen MR) is 352 cm³/mol. The Bertz CT molecular complexity index is 3640. The molecule has 0 spiro atoms. The van der Waals surface area contributed by atoms with E-state index >= 15 is 0 Å². The van der Waals surface area contributed by atoms with Gasteiger partial charge in [-0.25, -0.2) is 0 Å². The quantitative estimate of drug-likeness (QED) is 0.159. The van der Waals surface area contributed by atoms with E-state index in [9.17, 15) is 0 Å². The number of rotatable bonds is 5. The van der Waals surface area contributed by atoms with Gasteiger partial charge in [-0.15, -0.1) is 0 Å². The molecule has 5 heterocycles. The topological polar surface area (TPSA) is 54.2 Å². The maximum absolute atomic E-state index is 7.19. The molecule has 0 N–H and O–H groups in total. The molecule has 0 saturated heterocycles. The first-order valence-corrected chi connectivity index (χ1v) is 28.6. The molecule has 0 amide bonds. The molecular weight excluding hydrogens is 1050 g/mol. The summed E-state index contributed by atoms with van der Waals surface area (Å²) in [6, 6.07) is 31.8.